The molecule has 2 fully saturated rings. The maximum absolute atomic E-state index is 10.3. The van der Waals surface area contributed by atoms with E-state index in [2.05, 4.69) is 11.8 Å². The molecule has 0 aromatic rings. The Morgan fingerprint density at radius 1 is 1.11 bits per heavy atom. The third-order valence-electron chi connectivity index (χ3n) is 4.67. The first-order valence-electron chi connectivity index (χ1n) is 7.82. The van der Waals surface area contributed by atoms with Gasteiger partial charge in [-0.25, -0.2) is 0 Å². The maximum Gasteiger partial charge on any atom is 0.0583 e. The fourth-order valence-electron chi connectivity index (χ4n) is 3.69. The quantitative estimate of drug-likeness (QED) is 0.777. The van der Waals surface area contributed by atoms with Crippen LogP contribution in [0.25, 0.3) is 0 Å². The van der Waals surface area contributed by atoms with Crippen LogP contribution in [-0.4, -0.2) is 46.7 Å². The van der Waals surface area contributed by atoms with Crippen molar-refractivity contribution < 1.29 is 5.11 Å². The van der Waals surface area contributed by atoms with Crippen LogP contribution < -0.4 is 0 Å². The number of nitrogens with zero attached hydrogens (tertiary/aromatic N) is 1. The SMILES string of the molecule is CCSCCN1CCCCC1C1CCCCC1O. The highest BCUT2D eigenvalue weighted by atomic mass is 32.2. The molecular weight excluding hydrogens is 242 g/mol. The third-order valence-corrected chi connectivity index (χ3v) is 5.55. The number of aliphatic hydroxyl groups excluding tert-OH is 1. The van der Waals surface area contributed by atoms with Crippen molar-refractivity contribution >= 4 is 11.8 Å². The van der Waals surface area contributed by atoms with E-state index in [0.717, 1.165) is 6.42 Å². The number of likely N-dealkylation sites (tertiary alicyclic amines) is 1. The van der Waals surface area contributed by atoms with Gasteiger partial charge < -0.3 is 5.11 Å². The molecule has 1 saturated carbocycles. The van der Waals surface area contributed by atoms with Crippen LogP contribution in [0.3, 0.4) is 0 Å². The van der Waals surface area contributed by atoms with Crippen molar-refractivity contribution in [3.63, 3.8) is 0 Å². The second kappa shape index (κ2) is 7.76. The zero-order valence-corrected chi connectivity index (χ0v) is 12.6. The molecule has 1 aliphatic heterocycles. The smallest absolute Gasteiger partial charge is 0.0583 e. The fraction of sp³-hybridized carbons (Fsp3) is 1.00. The third kappa shape index (κ3) is 3.88. The second-order valence-corrected chi connectivity index (χ2v) is 7.21. The summed E-state index contributed by atoms with van der Waals surface area (Å²) in [6.45, 7) is 4.73. The highest BCUT2D eigenvalue weighted by Gasteiger charge is 2.35. The molecule has 0 spiro atoms. The number of hydrogen-bond acceptors (Lipinski definition) is 3. The van der Waals surface area contributed by atoms with Gasteiger partial charge in [-0.05, 0) is 38.0 Å². The molecule has 0 radical (unpaired) electrons. The van der Waals surface area contributed by atoms with Crippen LogP contribution in [0.5, 0.6) is 0 Å². The van der Waals surface area contributed by atoms with Crippen LogP contribution >= 0.6 is 11.8 Å². The Labute approximate surface area is 117 Å². The molecule has 3 unspecified atom stereocenters. The zero-order chi connectivity index (χ0) is 12.8. The predicted octanol–water partition coefficient (Wildman–Crippen LogP) is 3.15. The Balaban J connectivity index is 1.89. The second-order valence-electron chi connectivity index (χ2n) is 5.81. The summed E-state index contributed by atoms with van der Waals surface area (Å²) >= 11 is 2.05. The summed E-state index contributed by atoms with van der Waals surface area (Å²) in [7, 11) is 0. The Bertz CT molecular complexity index is 237. The van der Waals surface area contributed by atoms with Gasteiger partial charge in [-0.2, -0.15) is 11.8 Å². The maximum atomic E-state index is 10.3. The molecule has 0 bridgehead atoms. The lowest BCUT2D eigenvalue weighted by molar-refractivity contribution is -0.00320. The van der Waals surface area contributed by atoms with Crippen LogP contribution in [0, 0.1) is 5.92 Å². The van der Waals surface area contributed by atoms with Crippen LogP contribution in [0.15, 0.2) is 0 Å². The summed E-state index contributed by atoms with van der Waals surface area (Å²) in [5.74, 6) is 3.05. The molecule has 0 aromatic carbocycles. The molecule has 2 rings (SSSR count). The van der Waals surface area contributed by atoms with E-state index in [9.17, 15) is 5.11 Å². The summed E-state index contributed by atoms with van der Waals surface area (Å²) in [6.07, 6.45) is 8.87. The Hall–Kier alpha value is 0.270. The van der Waals surface area contributed by atoms with Crippen molar-refractivity contribution in [3.8, 4) is 0 Å². The molecule has 1 aliphatic carbocycles. The number of rotatable bonds is 5. The molecule has 1 heterocycles. The number of aliphatic hydroxyl groups is 1. The molecule has 2 nitrogen and oxygen atoms in total. The summed E-state index contributed by atoms with van der Waals surface area (Å²) in [5, 5.41) is 10.3. The highest BCUT2D eigenvalue weighted by Crippen LogP contribution is 2.34. The van der Waals surface area contributed by atoms with Gasteiger partial charge in [0.1, 0.15) is 0 Å². The van der Waals surface area contributed by atoms with Gasteiger partial charge in [0.25, 0.3) is 0 Å². The van der Waals surface area contributed by atoms with E-state index < -0.39 is 0 Å². The highest BCUT2D eigenvalue weighted by molar-refractivity contribution is 7.99. The standard InChI is InChI=1S/C15H29NOS/c1-2-18-12-11-16-10-6-5-8-14(16)13-7-3-4-9-15(13)17/h13-15,17H,2-12H2,1H3. The van der Waals surface area contributed by atoms with Crippen molar-refractivity contribution in [2.45, 2.75) is 64.0 Å². The molecule has 2 aliphatic rings. The summed E-state index contributed by atoms with van der Waals surface area (Å²) in [6, 6.07) is 0.673. The van der Waals surface area contributed by atoms with E-state index in [1.807, 2.05) is 11.8 Å². The van der Waals surface area contributed by atoms with E-state index in [1.165, 1.54) is 63.1 Å². The average Bonchev–Trinajstić information content (AvgIpc) is 2.40. The van der Waals surface area contributed by atoms with Crippen LogP contribution in [0.4, 0.5) is 0 Å². The van der Waals surface area contributed by atoms with Gasteiger partial charge in [-0.15, -0.1) is 0 Å². The fourth-order valence-corrected chi connectivity index (χ4v) is 4.35. The Kier molecular flexibility index (Phi) is 6.33. The van der Waals surface area contributed by atoms with Gasteiger partial charge in [-0.3, -0.25) is 4.90 Å². The van der Waals surface area contributed by atoms with Crippen LogP contribution in [0.2, 0.25) is 0 Å². The summed E-state index contributed by atoms with van der Waals surface area (Å²) in [5.41, 5.74) is 0. The van der Waals surface area contributed by atoms with Crippen molar-refractivity contribution in [3.05, 3.63) is 0 Å². The largest absolute Gasteiger partial charge is 0.393 e. The average molecular weight is 271 g/mol. The lowest BCUT2D eigenvalue weighted by Gasteiger charge is -2.43. The molecule has 0 aromatic heterocycles. The van der Waals surface area contributed by atoms with E-state index in [1.54, 1.807) is 0 Å². The Morgan fingerprint density at radius 2 is 1.89 bits per heavy atom. The predicted molar refractivity (Wildman–Crippen MR) is 80.2 cm³/mol. The summed E-state index contributed by atoms with van der Waals surface area (Å²) < 4.78 is 0. The van der Waals surface area contributed by atoms with Gasteiger partial charge in [0, 0.05) is 24.3 Å². The van der Waals surface area contributed by atoms with Crippen molar-refractivity contribution in [1.82, 2.24) is 4.90 Å². The number of piperidine rings is 1. The first-order chi connectivity index (χ1) is 8.83. The molecular formula is C15H29NOS. The lowest BCUT2D eigenvalue weighted by Crippen LogP contribution is -2.49. The van der Waals surface area contributed by atoms with E-state index in [0.29, 0.717) is 12.0 Å². The van der Waals surface area contributed by atoms with Gasteiger partial charge in [0.15, 0.2) is 0 Å². The minimum Gasteiger partial charge on any atom is -0.393 e. The molecule has 106 valence electrons. The molecule has 0 amide bonds. The normalized spacial score (nSPS) is 34.7. The molecule has 3 heteroatoms. The van der Waals surface area contributed by atoms with Gasteiger partial charge in [-0.1, -0.05) is 26.2 Å². The van der Waals surface area contributed by atoms with Gasteiger partial charge >= 0.3 is 0 Å². The topological polar surface area (TPSA) is 23.5 Å². The van der Waals surface area contributed by atoms with Crippen molar-refractivity contribution in [2.24, 2.45) is 5.92 Å². The van der Waals surface area contributed by atoms with Crippen molar-refractivity contribution in [2.75, 3.05) is 24.6 Å². The Morgan fingerprint density at radius 3 is 2.67 bits per heavy atom. The van der Waals surface area contributed by atoms with Crippen LogP contribution in [0.1, 0.15) is 51.9 Å². The molecule has 1 saturated heterocycles. The number of thioether (sulfide) groups is 1. The van der Waals surface area contributed by atoms with Crippen LogP contribution in [-0.2, 0) is 0 Å². The minimum absolute atomic E-state index is 0.0248. The first kappa shape index (κ1) is 14.7. The van der Waals surface area contributed by atoms with E-state index in [4.69, 9.17) is 0 Å². The number of hydrogen-bond donors (Lipinski definition) is 1. The summed E-state index contributed by atoms with van der Waals surface area (Å²) in [4.78, 5) is 2.69. The minimum atomic E-state index is -0.0248. The lowest BCUT2D eigenvalue weighted by atomic mass is 9.78. The molecule has 3 atom stereocenters. The van der Waals surface area contributed by atoms with Gasteiger partial charge in [0.2, 0.25) is 0 Å². The monoisotopic (exact) mass is 271 g/mol. The molecule has 1 N–H and O–H groups in total. The first-order valence-corrected chi connectivity index (χ1v) is 8.98. The zero-order valence-electron chi connectivity index (χ0n) is 11.8. The van der Waals surface area contributed by atoms with Crippen molar-refractivity contribution in [1.29, 1.82) is 0 Å². The van der Waals surface area contributed by atoms with E-state index >= 15 is 0 Å². The van der Waals surface area contributed by atoms with Gasteiger partial charge in [0.05, 0.1) is 6.10 Å². The van der Waals surface area contributed by atoms with E-state index in [-0.39, 0.29) is 6.10 Å². The molecule has 18 heavy (non-hydrogen) atoms.